The number of likely N-dealkylation sites (tertiary alicyclic amines) is 1. The van der Waals surface area contributed by atoms with Gasteiger partial charge in [0.25, 0.3) is 5.91 Å². The van der Waals surface area contributed by atoms with Crippen molar-refractivity contribution in [2.75, 3.05) is 10.6 Å². The minimum atomic E-state index is -1.53. The number of aliphatic imine (C=N–C) groups is 1. The monoisotopic (exact) mass is 693 g/mol. The van der Waals surface area contributed by atoms with Crippen LogP contribution in [0.4, 0.5) is 11.4 Å². The Kier molecular flexibility index (Phi) is 11.0. The Morgan fingerprint density at radius 3 is 2.10 bits per heavy atom. The molecule has 11 heteroatoms. The summed E-state index contributed by atoms with van der Waals surface area (Å²) in [5.41, 5.74) is 2.85. The van der Waals surface area contributed by atoms with Crippen molar-refractivity contribution in [2.45, 2.75) is 37.3 Å². The zero-order chi connectivity index (χ0) is 36.5. The molecule has 1 saturated heterocycles. The molecule has 260 valence electrons. The summed E-state index contributed by atoms with van der Waals surface area (Å²) in [6.45, 7) is 0. The number of pyridine rings is 1. The van der Waals surface area contributed by atoms with Gasteiger partial charge in [0, 0.05) is 41.8 Å². The molecule has 1 aromatic heterocycles. The van der Waals surface area contributed by atoms with Crippen LogP contribution in [0.3, 0.4) is 0 Å². The largest absolute Gasteiger partial charge is 0.480 e. The van der Waals surface area contributed by atoms with E-state index in [4.69, 9.17) is 4.99 Å². The van der Waals surface area contributed by atoms with Crippen LogP contribution in [0.5, 0.6) is 0 Å². The Hall–Kier alpha value is -6.75. The fraction of sp³-hybridized carbons (Fsp3) is 0.146. The van der Waals surface area contributed by atoms with Gasteiger partial charge >= 0.3 is 5.97 Å². The number of rotatable bonds is 12. The van der Waals surface area contributed by atoms with E-state index in [1.807, 2.05) is 6.07 Å². The number of hydrogen-bond acceptors (Lipinski definition) is 7. The highest BCUT2D eigenvalue weighted by atomic mass is 16.4. The predicted octanol–water partition coefficient (Wildman–Crippen LogP) is 5.95. The number of benzene rings is 4. The maximum absolute atomic E-state index is 14.1. The smallest absolute Gasteiger partial charge is 0.329 e. The molecule has 0 unspecified atom stereocenters. The lowest BCUT2D eigenvalue weighted by Crippen LogP contribution is -2.46. The number of nitrogens with one attached hydrogen (secondary N) is 2. The third-order valence-corrected chi connectivity index (χ3v) is 8.72. The molecule has 0 spiro atoms. The summed E-state index contributed by atoms with van der Waals surface area (Å²) in [5, 5.41) is 16.5. The Morgan fingerprint density at radius 2 is 1.42 bits per heavy atom. The summed E-state index contributed by atoms with van der Waals surface area (Å²) in [5.74, 6) is -4.53. The molecule has 1 fully saturated rings. The molecule has 0 saturated carbocycles. The van der Waals surface area contributed by atoms with Crippen LogP contribution in [0.15, 0.2) is 145 Å². The molecule has 3 N–H and O–H groups in total. The molecule has 0 aliphatic carbocycles. The maximum Gasteiger partial charge on any atom is 0.329 e. The first-order chi connectivity index (χ1) is 25.3. The van der Waals surface area contributed by atoms with Crippen molar-refractivity contribution in [3.8, 4) is 0 Å². The van der Waals surface area contributed by atoms with E-state index < -0.39 is 54.0 Å². The second-order valence-corrected chi connectivity index (χ2v) is 12.1. The number of carbonyl (C=O) groups excluding carboxylic acids is 4. The molecule has 1 aliphatic rings. The summed E-state index contributed by atoms with van der Waals surface area (Å²) in [7, 11) is 0. The minimum absolute atomic E-state index is 0.00566. The highest BCUT2D eigenvalue weighted by Gasteiger charge is 2.42. The lowest BCUT2D eigenvalue weighted by atomic mass is 9.87. The predicted molar refractivity (Wildman–Crippen MR) is 196 cm³/mol. The van der Waals surface area contributed by atoms with Crippen molar-refractivity contribution in [1.29, 1.82) is 0 Å². The quantitative estimate of drug-likeness (QED) is 0.136. The molecular formula is C41H35N5O6. The van der Waals surface area contributed by atoms with E-state index in [-0.39, 0.29) is 24.2 Å². The highest BCUT2D eigenvalue weighted by Crippen LogP contribution is 2.32. The number of hydrogen-bond donors (Lipinski definition) is 3. The first kappa shape index (κ1) is 35.1. The molecule has 11 nitrogen and oxygen atoms in total. The number of anilines is 2. The van der Waals surface area contributed by atoms with Gasteiger partial charge < -0.3 is 15.7 Å². The molecule has 52 heavy (non-hydrogen) atoms. The number of imide groups is 1. The number of para-hydroxylation sites is 2. The third-order valence-electron chi connectivity index (χ3n) is 8.72. The van der Waals surface area contributed by atoms with Crippen LogP contribution in [-0.4, -0.2) is 62.4 Å². The SMILES string of the molecule is O=C(Nc1ccccc1C(=N[C@@H](C(=O)O)[C@@H](CC(=O)N1C(=O)CC[C@H]1C(=O)Nc1ccccc1)c1ccccc1)c1ccccc1)c1ccccn1. The second-order valence-electron chi connectivity index (χ2n) is 12.1. The van der Waals surface area contributed by atoms with Gasteiger partial charge in [0.1, 0.15) is 11.7 Å². The molecule has 4 amide bonds. The van der Waals surface area contributed by atoms with Crippen molar-refractivity contribution in [1.82, 2.24) is 9.88 Å². The van der Waals surface area contributed by atoms with Crippen LogP contribution >= 0.6 is 0 Å². The number of aliphatic carboxylic acids is 1. The van der Waals surface area contributed by atoms with Gasteiger partial charge in [-0.05, 0) is 42.3 Å². The maximum atomic E-state index is 14.1. The average molecular weight is 694 g/mol. The van der Waals surface area contributed by atoms with Gasteiger partial charge in [-0.1, -0.05) is 103 Å². The Bertz CT molecular complexity index is 2090. The number of amides is 4. The summed E-state index contributed by atoms with van der Waals surface area (Å²) in [6.07, 6.45) is 1.21. The molecule has 4 aromatic carbocycles. The van der Waals surface area contributed by atoms with Crippen molar-refractivity contribution >= 4 is 46.7 Å². The zero-order valence-corrected chi connectivity index (χ0v) is 28.0. The van der Waals surface area contributed by atoms with Crippen molar-refractivity contribution in [3.05, 3.63) is 162 Å². The van der Waals surface area contributed by atoms with Crippen LogP contribution in [0.25, 0.3) is 0 Å². The van der Waals surface area contributed by atoms with E-state index >= 15 is 0 Å². The minimum Gasteiger partial charge on any atom is -0.480 e. The van der Waals surface area contributed by atoms with Crippen LogP contribution in [0, 0.1) is 0 Å². The van der Waals surface area contributed by atoms with Gasteiger partial charge in [0.05, 0.1) is 11.4 Å². The van der Waals surface area contributed by atoms with Gasteiger partial charge in [-0.15, -0.1) is 0 Å². The molecule has 2 heterocycles. The molecule has 3 atom stereocenters. The number of carboxylic acid groups (broad SMARTS) is 1. The van der Waals surface area contributed by atoms with Gasteiger partial charge in [-0.3, -0.25) is 34.1 Å². The van der Waals surface area contributed by atoms with Gasteiger partial charge in [-0.25, -0.2) is 4.79 Å². The molecule has 6 rings (SSSR count). The molecule has 5 aromatic rings. The lowest BCUT2D eigenvalue weighted by Gasteiger charge is -2.27. The highest BCUT2D eigenvalue weighted by molar-refractivity contribution is 6.18. The van der Waals surface area contributed by atoms with Crippen LogP contribution in [0.1, 0.15) is 52.4 Å². The first-order valence-corrected chi connectivity index (χ1v) is 16.7. The van der Waals surface area contributed by atoms with E-state index in [1.54, 1.807) is 127 Å². The third kappa shape index (κ3) is 8.16. The summed E-state index contributed by atoms with van der Waals surface area (Å²) in [4.78, 5) is 76.9. The molecule has 1 aliphatic heterocycles. The van der Waals surface area contributed by atoms with Crippen LogP contribution in [-0.2, 0) is 19.2 Å². The Balaban J connectivity index is 1.39. The van der Waals surface area contributed by atoms with E-state index in [9.17, 15) is 29.1 Å². The fourth-order valence-electron chi connectivity index (χ4n) is 6.22. The summed E-state index contributed by atoms with van der Waals surface area (Å²) in [6, 6.07) is 35.6. The summed E-state index contributed by atoms with van der Waals surface area (Å²) < 4.78 is 0. The van der Waals surface area contributed by atoms with Crippen LogP contribution in [0.2, 0.25) is 0 Å². The number of aromatic nitrogens is 1. The zero-order valence-electron chi connectivity index (χ0n) is 28.0. The Labute approximate surface area is 300 Å². The normalized spacial score (nSPS) is 15.4. The average Bonchev–Trinajstić information content (AvgIpc) is 3.57. The standard InChI is InChI=1S/C41H35N5O6/c47-35-24-23-34(40(50)43-29-18-8-3-9-19-29)46(35)36(48)26-31(27-14-4-1-5-15-27)38(41(51)52)45-37(28-16-6-2-7-17-28)30-20-10-11-21-32(30)44-39(49)33-22-12-13-25-42-33/h1-22,25,31,34,38H,23-24,26H2,(H,43,50)(H,44,49)(H,51,52)/t31-,34-,38+/m0/s1. The lowest BCUT2D eigenvalue weighted by molar-refractivity contribution is -0.147. The molecular weight excluding hydrogens is 658 g/mol. The molecule has 0 radical (unpaired) electrons. The fourth-order valence-corrected chi connectivity index (χ4v) is 6.22. The van der Waals surface area contributed by atoms with Crippen molar-refractivity contribution < 1.29 is 29.1 Å². The van der Waals surface area contributed by atoms with Gasteiger partial charge in [0.15, 0.2) is 6.04 Å². The van der Waals surface area contributed by atoms with E-state index in [0.29, 0.717) is 28.1 Å². The van der Waals surface area contributed by atoms with Gasteiger partial charge in [0.2, 0.25) is 17.7 Å². The topological polar surface area (TPSA) is 158 Å². The second kappa shape index (κ2) is 16.3. The summed E-state index contributed by atoms with van der Waals surface area (Å²) >= 11 is 0. The van der Waals surface area contributed by atoms with Crippen molar-refractivity contribution in [2.24, 2.45) is 4.99 Å². The number of nitrogens with zero attached hydrogens (tertiary/aromatic N) is 3. The van der Waals surface area contributed by atoms with E-state index in [2.05, 4.69) is 15.6 Å². The van der Waals surface area contributed by atoms with Crippen molar-refractivity contribution in [3.63, 3.8) is 0 Å². The van der Waals surface area contributed by atoms with Gasteiger partial charge in [-0.2, -0.15) is 0 Å². The molecule has 0 bridgehead atoms. The number of carbonyl (C=O) groups is 5. The Morgan fingerprint density at radius 1 is 0.788 bits per heavy atom. The number of carboxylic acids is 1. The van der Waals surface area contributed by atoms with Crippen LogP contribution < -0.4 is 10.6 Å². The first-order valence-electron chi connectivity index (χ1n) is 16.7. The van der Waals surface area contributed by atoms with E-state index in [0.717, 1.165) is 4.90 Å². The van der Waals surface area contributed by atoms with E-state index in [1.165, 1.54) is 6.20 Å².